The summed E-state index contributed by atoms with van der Waals surface area (Å²) in [5, 5.41) is 10.2. The maximum Gasteiger partial charge on any atom is 0.287 e. The highest BCUT2D eigenvalue weighted by molar-refractivity contribution is 7.20. The largest absolute Gasteiger partial charge is 0.356 e. The molecule has 47 heavy (non-hydrogen) atoms. The van der Waals surface area contributed by atoms with Crippen LogP contribution in [0.1, 0.15) is 90.9 Å². The van der Waals surface area contributed by atoms with E-state index in [4.69, 9.17) is 23.2 Å². The number of aryl methyl sites for hydroxylation is 1. The molecule has 0 aliphatic carbocycles. The second-order valence-electron chi connectivity index (χ2n) is 9.68. The highest BCUT2D eigenvalue weighted by Gasteiger charge is 2.18. The number of nitrogens with zero attached hydrogens (tertiary/aromatic N) is 1. The number of likely N-dealkylation sites (N-methyl/N-ethyl adjacent to an activating group) is 1. The summed E-state index contributed by atoms with van der Waals surface area (Å²) >= 11 is 12.8. The Morgan fingerprint density at radius 1 is 1.04 bits per heavy atom. The van der Waals surface area contributed by atoms with Gasteiger partial charge in [0.25, 0.3) is 17.4 Å². The Kier molecular flexibility index (Phi) is 29.3. The lowest BCUT2D eigenvalue weighted by Gasteiger charge is -2.23. The Balaban J connectivity index is -0.000000625. The van der Waals surface area contributed by atoms with E-state index < -0.39 is 11.7 Å². The maximum atomic E-state index is 11.9. The lowest BCUT2D eigenvalue weighted by Crippen LogP contribution is -2.34. The summed E-state index contributed by atoms with van der Waals surface area (Å²) in [6, 6.07) is 4.91. The minimum Gasteiger partial charge on any atom is -0.356 e. The SMILES string of the molecule is C.C=C.CCCC(CC)C(CC)NC=O.CCn1cccc(NC=O)c1=O.CNC(=O)C(=O)CCC(C)NC(=O)c1cc(Cl)sc1Cl. The van der Waals surface area contributed by atoms with Crippen LogP contribution in [0.15, 0.2) is 42.3 Å². The number of carbonyl (C=O) groups excluding carboxylic acids is 5. The van der Waals surface area contributed by atoms with Gasteiger partial charge in [0.1, 0.15) is 10.0 Å². The molecule has 2 rings (SSSR count). The van der Waals surface area contributed by atoms with Crippen molar-refractivity contribution in [2.24, 2.45) is 5.92 Å². The second-order valence-corrected chi connectivity index (χ2v) is 12.0. The van der Waals surface area contributed by atoms with Crippen molar-refractivity contribution in [3.63, 3.8) is 0 Å². The van der Waals surface area contributed by atoms with Gasteiger partial charge in [-0.25, -0.2) is 0 Å². The van der Waals surface area contributed by atoms with Gasteiger partial charge < -0.3 is 25.8 Å². The van der Waals surface area contributed by atoms with Gasteiger partial charge >= 0.3 is 0 Å². The molecule has 14 heteroatoms. The first-order chi connectivity index (χ1) is 21.9. The molecular formula is C33H53Cl2N5O6S. The molecule has 0 aliphatic rings. The van der Waals surface area contributed by atoms with E-state index in [2.05, 4.69) is 55.2 Å². The Morgan fingerprint density at radius 2 is 1.68 bits per heavy atom. The van der Waals surface area contributed by atoms with Crippen molar-refractivity contribution < 1.29 is 24.0 Å². The number of Topliss-reactive ketones (excluding diaryl/α,β-unsaturated/α-hetero) is 1. The molecule has 0 spiro atoms. The molecule has 0 saturated carbocycles. The van der Waals surface area contributed by atoms with Gasteiger partial charge in [-0.05, 0) is 57.2 Å². The highest BCUT2D eigenvalue weighted by Crippen LogP contribution is 2.31. The molecule has 0 fully saturated rings. The van der Waals surface area contributed by atoms with E-state index in [1.807, 2.05) is 6.92 Å². The molecule has 11 nitrogen and oxygen atoms in total. The first kappa shape index (κ1) is 47.9. The number of aromatic nitrogens is 1. The van der Waals surface area contributed by atoms with Crippen molar-refractivity contribution in [3.05, 3.63) is 62.1 Å². The number of pyridine rings is 1. The molecule has 0 saturated heterocycles. The number of thiophene rings is 1. The van der Waals surface area contributed by atoms with Crippen LogP contribution in [0.25, 0.3) is 0 Å². The fraction of sp³-hybridized carbons (Fsp3) is 0.515. The summed E-state index contributed by atoms with van der Waals surface area (Å²) in [6.45, 7) is 16.7. The highest BCUT2D eigenvalue weighted by atomic mass is 35.5. The molecule has 266 valence electrons. The number of hydrogen-bond acceptors (Lipinski definition) is 7. The average molecular weight is 719 g/mol. The van der Waals surface area contributed by atoms with Crippen LogP contribution < -0.4 is 26.8 Å². The molecule has 3 atom stereocenters. The third-order valence-corrected chi connectivity index (χ3v) is 8.10. The molecule has 3 unspecified atom stereocenters. The van der Waals surface area contributed by atoms with E-state index in [1.165, 1.54) is 30.5 Å². The van der Waals surface area contributed by atoms with Gasteiger partial charge in [0.05, 0.1) is 9.90 Å². The number of amides is 4. The van der Waals surface area contributed by atoms with Crippen LogP contribution in [0.4, 0.5) is 5.69 Å². The fourth-order valence-corrected chi connectivity index (χ4v) is 5.62. The van der Waals surface area contributed by atoms with Crippen molar-refractivity contribution in [1.29, 1.82) is 0 Å². The molecular weight excluding hydrogens is 665 g/mol. The molecule has 4 N–H and O–H groups in total. The van der Waals surface area contributed by atoms with Crippen LogP contribution in [-0.4, -0.2) is 54.1 Å². The van der Waals surface area contributed by atoms with Gasteiger partial charge in [-0.2, -0.15) is 0 Å². The molecule has 0 radical (unpaired) electrons. The van der Waals surface area contributed by atoms with Gasteiger partial charge in [-0.1, -0.05) is 64.2 Å². The Bertz CT molecular complexity index is 1270. The summed E-state index contributed by atoms with van der Waals surface area (Å²) in [4.78, 5) is 66.0. The lowest BCUT2D eigenvalue weighted by molar-refractivity contribution is -0.137. The normalized spacial score (nSPS) is 11.4. The van der Waals surface area contributed by atoms with E-state index in [1.54, 1.807) is 25.3 Å². The molecule has 0 aliphatic heterocycles. The Labute approximate surface area is 293 Å². The average Bonchev–Trinajstić information content (AvgIpc) is 3.41. The minimum atomic E-state index is -0.629. The summed E-state index contributed by atoms with van der Waals surface area (Å²) in [6.07, 6.45) is 8.06. The first-order valence-corrected chi connectivity index (χ1v) is 16.6. The van der Waals surface area contributed by atoms with Crippen LogP contribution in [0.3, 0.4) is 0 Å². The quantitative estimate of drug-likeness (QED) is 0.0885. The number of halogens is 2. The zero-order chi connectivity index (χ0) is 35.7. The van der Waals surface area contributed by atoms with Crippen molar-refractivity contribution in [3.8, 4) is 0 Å². The van der Waals surface area contributed by atoms with Crippen molar-refractivity contribution >= 4 is 70.6 Å². The van der Waals surface area contributed by atoms with Crippen LogP contribution in [0.2, 0.25) is 8.67 Å². The number of ketones is 1. The summed E-state index contributed by atoms with van der Waals surface area (Å²) in [5.74, 6) is -0.829. The molecule has 0 aromatic carbocycles. The second kappa shape index (κ2) is 28.7. The molecule has 0 bridgehead atoms. The third kappa shape index (κ3) is 19.1. The van der Waals surface area contributed by atoms with Gasteiger partial charge in [0.15, 0.2) is 0 Å². The summed E-state index contributed by atoms with van der Waals surface area (Å²) < 4.78 is 2.27. The van der Waals surface area contributed by atoms with E-state index in [0.29, 0.717) is 51.3 Å². The molecule has 4 amide bonds. The summed E-state index contributed by atoms with van der Waals surface area (Å²) in [7, 11) is 1.40. The third-order valence-electron chi connectivity index (χ3n) is 6.61. The van der Waals surface area contributed by atoms with Crippen LogP contribution in [-0.2, 0) is 25.7 Å². The van der Waals surface area contributed by atoms with Gasteiger partial charge in [-0.3, -0.25) is 28.8 Å². The number of hydrogen-bond donors (Lipinski definition) is 4. The zero-order valence-electron chi connectivity index (χ0n) is 27.6. The maximum absolute atomic E-state index is 11.9. The van der Waals surface area contributed by atoms with Crippen LogP contribution in [0.5, 0.6) is 0 Å². The van der Waals surface area contributed by atoms with E-state index in [9.17, 15) is 28.8 Å². The standard InChI is InChI=1S/C12H14Cl2N2O3S.C10H21NO.C8H10N2O2.C2H4.CH4/c1-6(3-4-8(17)12(19)15-2)16-11(18)7-5-9(13)20-10(7)14;1-4-7-9(5-2)10(6-3)11-8-12;1-2-10-5-3-4-7(8(10)12)9-6-11;1-2;/h5-6H,3-4H2,1-2H3,(H,15,19)(H,16,18);8-10H,4-7H2,1-3H3,(H,11,12);3-6H,2H2,1H3,(H,9,11);1-2H2;1H4. The van der Waals surface area contributed by atoms with Gasteiger partial charge in [-0.15, -0.1) is 24.5 Å². The van der Waals surface area contributed by atoms with Crippen molar-refractivity contribution in [2.75, 3.05) is 12.4 Å². The summed E-state index contributed by atoms with van der Waals surface area (Å²) in [5.41, 5.74) is 0.451. The predicted octanol–water partition coefficient (Wildman–Crippen LogP) is 6.48. The van der Waals surface area contributed by atoms with Crippen molar-refractivity contribution in [2.45, 2.75) is 99.2 Å². The smallest absolute Gasteiger partial charge is 0.287 e. The molecule has 2 aromatic rings. The van der Waals surface area contributed by atoms with E-state index in [0.717, 1.165) is 30.6 Å². The number of nitrogens with one attached hydrogen (secondary N) is 4. The number of rotatable bonds is 16. The van der Waals surface area contributed by atoms with Crippen LogP contribution >= 0.6 is 34.5 Å². The van der Waals surface area contributed by atoms with E-state index >= 15 is 0 Å². The number of anilines is 1. The van der Waals surface area contributed by atoms with Gasteiger partial charge in [0, 0.05) is 38.3 Å². The zero-order valence-corrected chi connectivity index (χ0v) is 29.9. The monoisotopic (exact) mass is 717 g/mol. The molecule has 2 heterocycles. The lowest BCUT2D eigenvalue weighted by atomic mass is 9.91. The fourth-order valence-electron chi connectivity index (χ4n) is 4.16. The predicted molar refractivity (Wildman–Crippen MR) is 196 cm³/mol. The van der Waals surface area contributed by atoms with Crippen molar-refractivity contribution in [1.82, 2.24) is 20.5 Å². The topological polar surface area (TPSA) is 155 Å². The number of carbonyl (C=O) groups is 5. The van der Waals surface area contributed by atoms with Gasteiger partial charge in [0.2, 0.25) is 18.6 Å². The Morgan fingerprint density at radius 3 is 2.13 bits per heavy atom. The van der Waals surface area contributed by atoms with Crippen LogP contribution in [0, 0.1) is 5.92 Å². The van der Waals surface area contributed by atoms with E-state index in [-0.39, 0.29) is 31.4 Å². The minimum absolute atomic E-state index is 0. The molecule has 2 aromatic heterocycles. The Hall–Kier alpha value is -3.48. The first-order valence-electron chi connectivity index (χ1n) is 15.0.